The highest BCUT2D eigenvalue weighted by Gasteiger charge is 2.20. The number of allylic oxidation sites excluding steroid dienone is 2. The lowest BCUT2D eigenvalue weighted by Gasteiger charge is -2.18. The fourth-order valence-electron chi connectivity index (χ4n) is 1.85. The van der Waals surface area contributed by atoms with Gasteiger partial charge in [-0.15, -0.1) is 0 Å². The summed E-state index contributed by atoms with van der Waals surface area (Å²) in [6.07, 6.45) is 3.25. The Morgan fingerprint density at radius 2 is 2.29 bits per heavy atom. The Kier molecular flexibility index (Phi) is 3.10. The first-order chi connectivity index (χ1) is 8.19. The van der Waals surface area contributed by atoms with Gasteiger partial charge in [-0.25, -0.2) is 4.79 Å². The molecule has 2 rings (SSSR count). The van der Waals surface area contributed by atoms with Gasteiger partial charge in [0.15, 0.2) is 0 Å². The van der Waals surface area contributed by atoms with Gasteiger partial charge in [-0.3, -0.25) is 0 Å². The van der Waals surface area contributed by atoms with Crippen LogP contribution in [0, 0.1) is 0 Å². The van der Waals surface area contributed by atoms with Gasteiger partial charge in [-0.1, -0.05) is 0 Å². The maximum Gasteiger partial charge on any atom is 0.367 e. The number of hydrogen-bond acceptors (Lipinski definition) is 5. The van der Waals surface area contributed by atoms with Crippen LogP contribution in [-0.2, 0) is 11.8 Å². The van der Waals surface area contributed by atoms with Gasteiger partial charge in [0.25, 0.3) is 0 Å². The minimum absolute atomic E-state index is 0.196. The van der Waals surface area contributed by atoms with Crippen molar-refractivity contribution in [2.45, 2.75) is 12.8 Å². The van der Waals surface area contributed by atoms with Crippen LogP contribution < -0.4 is 5.69 Å². The van der Waals surface area contributed by atoms with E-state index in [1.165, 1.54) is 18.8 Å². The van der Waals surface area contributed by atoms with Gasteiger partial charge in [0.05, 0.1) is 19.4 Å². The minimum atomic E-state index is -0.330. The van der Waals surface area contributed by atoms with Gasteiger partial charge in [-0.05, 0) is 29.3 Å². The molecule has 0 amide bonds. The molecule has 1 aliphatic rings. The van der Waals surface area contributed by atoms with Crippen molar-refractivity contribution in [2.24, 2.45) is 7.05 Å². The first kappa shape index (κ1) is 11.6. The van der Waals surface area contributed by atoms with Gasteiger partial charge >= 0.3 is 5.69 Å². The number of hydrogen-bond donors (Lipinski definition) is 1. The van der Waals surface area contributed by atoms with Crippen molar-refractivity contribution in [3.05, 3.63) is 27.9 Å². The average molecular weight is 238 g/mol. The highest BCUT2D eigenvalue weighted by molar-refractivity contribution is 5.58. The van der Waals surface area contributed by atoms with E-state index in [2.05, 4.69) is 10.4 Å². The molecule has 0 atom stereocenters. The number of aryl methyl sites for hydroxylation is 1. The molecule has 7 heteroatoms. The van der Waals surface area contributed by atoms with E-state index in [1.807, 2.05) is 6.08 Å². The number of nitrogens with zero attached hydrogens (tertiary/aromatic N) is 4. The zero-order chi connectivity index (χ0) is 12.4. The van der Waals surface area contributed by atoms with Crippen molar-refractivity contribution in [1.82, 2.24) is 19.8 Å². The second-order valence-corrected chi connectivity index (χ2v) is 3.69. The zero-order valence-electron chi connectivity index (χ0n) is 9.75. The van der Waals surface area contributed by atoms with Crippen molar-refractivity contribution >= 4 is 5.70 Å². The SMILES string of the molecule is COC1=CCCC(n2nnn(C)c2=O)=C1CO. The van der Waals surface area contributed by atoms with E-state index in [1.54, 1.807) is 0 Å². The van der Waals surface area contributed by atoms with E-state index >= 15 is 0 Å². The van der Waals surface area contributed by atoms with Gasteiger partial charge in [0, 0.05) is 12.6 Å². The Morgan fingerprint density at radius 1 is 1.53 bits per heavy atom. The number of rotatable bonds is 3. The molecule has 1 aromatic heterocycles. The first-order valence-electron chi connectivity index (χ1n) is 5.25. The Hall–Kier alpha value is -1.89. The van der Waals surface area contributed by atoms with Gasteiger partial charge in [0.1, 0.15) is 5.76 Å². The molecule has 0 fully saturated rings. The molecule has 7 nitrogen and oxygen atoms in total. The molecule has 0 radical (unpaired) electrons. The van der Waals surface area contributed by atoms with Gasteiger partial charge < -0.3 is 9.84 Å². The number of aliphatic hydroxyl groups is 1. The topological polar surface area (TPSA) is 82.2 Å². The second kappa shape index (κ2) is 4.54. The average Bonchev–Trinajstić information content (AvgIpc) is 2.69. The molecule has 0 unspecified atom stereocenters. The number of aromatic nitrogens is 4. The smallest absolute Gasteiger partial charge is 0.367 e. The monoisotopic (exact) mass is 238 g/mol. The zero-order valence-corrected chi connectivity index (χ0v) is 9.75. The van der Waals surface area contributed by atoms with Crippen LogP contribution in [-0.4, -0.2) is 38.6 Å². The van der Waals surface area contributed by atoms with Gasteiger partial charge in [-0.2, -0.15) is 9.36 Å². The lowest BCUT2D eigenvalue weighted by Crippen LogP contribution is -2.25. The van der Waals surface area contributed by atoms with Crippen LogP contribution >= 0.6 is 0 Å². The van der Waals surface area contributed by atoms with Crippen LogP contribution in [0.15, 0.2) is 22.2 Å². The highest BCUT2D eigenvalue weighted by atomic mass is 16.5. The molecule has 1 aliphatic carbocycles. The third-order valence-corrected chi connectivity index (χ3v) is 2.71. The lowest BCUT2D eigenvalue weighted by atomic mass is 10.0. The molecule has 0 aliphatic heterocycles. The summed E-state index contributed by atoms with van der Waals surface area (Å²) in [5.74, 6) is 0.589. The van der Waals surface area contributed by atoms with Crippen molar-refractivity contribution in [1.29, 1.82) is 0 Å². The van der Waals surface area contributed by atoms with E-state index in [9.17, 15) is 9.90 Å². The summed E-state index contributed by atoms with van der Waals surface area (Å²) in [5, 5.41) is 16.8. The van der Waals surface area contributed by atoms with E-state index in [4.69, 9.17) is 4.74 Å². The molecule has 0 bridgehead atoms. The highest BCUT2D eigenvalue weighted by Crippen LogP contribution is 2.27. The molecule has 1 aromatic rings. The number of tetrazole rings is 1. The van der Waals surface area contributed by atoms with E-state index < -0.39 is 0 Å². The summed E-state index contributed by atoms with van der Waals surface area (Å²) in [6, 6.07) is 0. The van der Waals surface area contributed by atoms with Crippen molar-refractivity contribution < 1.29 is 9.84 Å². The number of aliphatic hydroxyl groups excluding tert-OH is 1. The maximum absolute atomic E-state index is 11.7. The fourth-order valence-corrected chi connectivity index (χ4v) is 1.85. The largest absolute Gasteiger partial charge is 0.497 e. The Balaban J connectivity index is 2.56. The van der Waals surface area contributed by atoms with Crippen molar-refractivity contribution in [3.63, 3.8) is 0 Å². The molecule has 0 saturated heterocycles. The van der Waals surface area contributed by atoms with Crippen LogP contribution in [0.25, 0.3) is 5.70 Å². The maximum atomic E-state index is 11.7. The van der Waals surface area contributed by atoms with Crippen LogP contribution in [0.5, 0.6) is 0 Å². The van der Waals surface area contributed by atoms with Crippen LogP contribution in [0.1, 0.15) is 12.8 Å². The summed E-state index contributed by atoms with van der Waals surface area (Å²) in [4.78, 5) is 11.7. The van der Waals surface area contributed by atoms with E-state index in [0.29, 0.717) is 23.5 Å². The summed E-state index contributed by atoms with van der Waals surface area (Å²) in [7, 11) is 3.06. The third kappa shape index (κ3) is 1.89. The molecule has 92 valence electrons. The predicted molar refractivity (Wildman–Crippen MR) is 59.9 cm³/mol. The molecular formula is C10H14N4O3. The first-order valence-corrected chi connectivity index (χ1v) is 5.25. The van der Waals surface area contributed by atoms with Crippen LogP contribution in [0.3, 0.4) is 0 Å². The van der Waals surface area contributed by atoms with E-state index in [-0.39, 0.29) is 12.3 Å². The Morgan fingerprint density at radius 3 is 2.82 bits per heavy atom. The molecule has 1 N–H and O–H groups in total. The number of methoxy groups -OCH3 is 1. The van der Waals surface area contributed by atoms with Gasteiger partial charge in [0.2, 0.25) is 0 Å². The van der Waals surface area contributed by atoms with Crippen molar-refractivity contribution in [3.8, 4) is 0 Å². The van der Waals surface area contributed by atoms with Crippen LogP contribution in [0.2, 0.25) is 0 Å². The molecule has 1 heterocycles. The molecule has 17 heavy (non-hydrogen) atoms. The normalized spacial score (nSPS) is 16.1. The number of ether oxygens (including phenoxy) is 1. The Bertz CT molecular complexity index is 538. The summed E-state index contributed by atoms with van der Waals surface area (Å²) in [6.45, 7) is -0.196. The molecular weight excluding hydrogens is 224 g/mol. The van der Waals surface area contributed by atoms with E-state index in [0.717, 1.165) is 11.1 Å². The molecule has 0 saturated carbocycles. The third-order valence-electron chi connectivity index (χ3n) is 2.71. The summed E-state index contributed by atoms with van der Waals surface area (Å²) in [5.41, 5.74) is 0.898. The minimum Gasteiger partial charge on any atom is -0.497 e. The Labute approximate surface area is 97.6 Å². The predicted octanol–water partition coefficient (Wildman–Crippen LogP) is -0.496. The molecule has 0 spiro atoms. The summed E-state index contributed by atoms with van der Waals surface area (Å²) >= 11 is 0. The summed E-state index contributed by atoms with van der Waals surface area (Å²) < 4.78 is 7.52. The quantitative estimate of drug-likeness (QED) is 0.768. The lowest BCUT2D eigenvalue weighted by molar-refractivity contribution is 0.268. The standard InChI is InChI=1S/C10H14N4O3/c1-13-10(16)14(12-11-13)8-4-3-5-9(17-2)7(8)6-15/h5,15H,3-4,6H2,1-2H3. The molecule has 0 aromatic carbocycles. The fraction of sp³-hybridized carbons (Fsp3) is 0.500. The second-order valence-electron chi connectivity index (χ2n) is 3.69. The van der Waals surface area contributed by atoms with Crippen molar-refractivity contribution in [2.75, 3.05) is 13.7 Å². The van der Waals surface area contributed by atoms with Crippen LogP contribution in [0.4, 0.5) is 0 Å².